The van der Waals surface area contributed by atoms with E-state index in [-0.39, 0.29) is 41.8 Å². The number of ether oxygens (including phenoxy) is 1. The number of carbonyl (C=O) groups excluding carboxylic acids is 1. The van der Waals surface area contributed by atoms with Gasteiger partial charge in [0.15, 0.2) is 5.96 Å². The highest BCUT2D eigenvalue weighted by atomic mass is 127. The summed E-state index contributed by atoms with van der Waals surface area (Å²) >= 11 is 0. The van der Waals surface area contributed by atoms with E-state index in [1.165, 1.54) is 0 Å². The maximum Gasteiger partial charge on any atom is 0.222 e. The lowest BCUT2D eigenvalue weighted by molar-refractivity contribution is -0.123. The maximum atomic E-state index is 11.6. The van der Waals surface area contributed by atoms with Crippen molar-refractivity contribution in [3.63, 3.8) is 0 Å². The zero-order valence-electron chi connectivity index (χ0n) is 18.0. The van der Waals surface area contributed by atoms with Gasteiger partial charge in [0.2, 0.25) is 5.91 Å². The molecule has 0 bridgehead atoms. The highest BCUT2D eigenvalue weighted by molar-refractivity contribution is 14.0. The van der Waals surface area contributed by atoms with Crippen LogP contribution in [0.5, 0.6) is 5.75 Å². The number of rotatable bonds is 10. The number of benzene rings is 1. The number of aliphatic imine (C=N–C) groups is 1. The van der Waals surface area contributed by atoms with E-state index in [2.05, 4.69) is 53.8 Å². The summed E-state index contributed by atoms with van der Waals surface area (Å²) in [7, 11) is 0. The molecule has 28 heavy (non-hydrogen) atoms. The lowest BCUT2D eigenvalue weighted by Crippen LogP contribution is -2.39. The highest BCUT2D eigenvalue weighted by Gasteiger charge is 2.09. The van der Waals surface area contributed by atoms with Gasteiger partial charge >= 0.3 is 0 Å². The molecule has 3 N–H and O–H groups in total. The van der Waals surface area contributed by atoms with Gasteiger partial charge < -0.3 is 20.7 Å². The molecule has 0 heterocycles. The molecule has 1 aromatic rings. The number of halogens is 1. The van der Waals surface area contributed by atoms with E-state index in [4.69, 9.17) is 4.74 Å². The molecule has 0 aliphatic heterocycles. The van der Waals surface area contributed by atoms with Crippen LogP contribution < -0.4 is 20.7 Å². The molecule has 0 fully saturated rings. The van der Waals surface area contributed by atoms with E-state index < -0.39 is 0 Å². The van der Waals surface area contributed by atoms with Gasteiger partial charge in [-0.2, -0.15) is 0 Å². The van der Waals surface area contributed by atoms with Gasteiger partial charge in [0, 0.05) is 19.0 Å². The van der Waals surface area contributed by atoms with Crippen LogP contribution in [-0.4, -0.2) is 38.1 Å². The summed E-state index contributed by atoms with van der Waals surface area (Å²) in [6, 6.07) is 8.25. The lowest BCUT2D eigenvalue weighted by Gasteiger charge is -2.19. The second kappa shape index (κ2) is 14.5. The van der Waals surface area contributed by atoms with E-state index in [0.29, 0.717) is 19.0 Å². The highest BCUT2D eigenvalue weighted by Crippen LogP contribution is 2.18. The van der Waals surface area contributed by atoms with Gasteiger partial charge in [0.1, 0.15) is 5.75 Å². The number of carbonyl (C=O) groups is 1. The third kappa shape index (κ3) is 10.7. The zero-order valence-corrected chi connectivity index (χ0v) is 20.4. The van der Waals surface area contributed by atoms with Crippen molar-refractivity contribution in [2.45, 2.75) is 47.6 Å². The van der Waals surface area contributed by atoms with Crippen molar-refractivity contribution in [3.8, 4) is 5.75 Å². The molecule has 0 aromatic heterocycles. The Hall–Kier alpha value is -1.51. The third-order valence-electron chi connectivity index (χ3n) is 3.87. The molecule has 7 heteroatoms. The first-order valence-corrected chi connectivity index (χ1v) is 9.88. The van der Waals surface area contributed by atoms with Gasteiger partial charge in [0.25, 0.3) is 0 Å². The fourth-order valence-electron chi connectivity index (χ4n) is 2.27. The Morgan fingerprint density at radius 3 is 2.25 bits per heavy atom. The standard InChI is InChI=1S/C21H36N4O2.HI/c1-7-22-21(24-13-12-23-20(26)16(4)5)25-17(6)18-8-10-19(11-9-18)27-14-15(2)3;/h8-11,15-17H,7,12-14H2,1-6H3,(H,23,26)(H2,22,24,25);1H. The largest absolute Gasteiger partial charge is 0.493 e. The molecule has 0 saturated heterocycles. The van der Waals surface area contributed by atoms with Crippen molar-refractivity contribution in [2.24, 2.45) is 16.8 Å². The summed E-state index contributed by atoms with van der Waals surface area (Å²) in [4.78, 5) is 16.1. The first-order valence-electron chi connectivity index (χ1n) is 9.88. The molecular formula is C21H37IN4O2. The lowest BCUT2D eigenvalue weighted by atomic mass is 10.1. The Morgan fingerprint density at radius 1 is 1.07 bits per heavy atom. The van der Waals surface area contributed by atoms with Crippen LogP contribution >= 0.6 is 24.0 Å². The van der Waals surface area contributed by atoms with Crippen LogP contribution in [0.1, 0.15) is 53.1 Å². The van der Waals surface area contributed by atoms with Crippen molar-refractivity contribution in [2.75, 3.05) is 26.2 Å². The van der Waals surface area contributed by atoms with Crippen molar-refractivity contribution >= 4 is 35.8 Å². The van der Waals surface area contributed by atoms with Gasteiger partial charge in [-0.15, -0.1) is 24.0 Å². The summed E-state index contributed by atoms with van der Waals surface area (Å²) < 4.78 is 5.73. The van der Waals surface area contributed by atoms with Crippen LogP contribution in [0, 0.1) is 11.8 Å². The molecule has 6 nitrogen and oxygen atoms in total. The van der Waals surface area contributed by atoms with Crippen molar-refractivity contribution in [3.05, 3.63) is 29.8 Å². The van der Waals surface area contributed by atoms with E-state index in [1.807, 2.05) is 32.9 Å². The molecule has 1 unspecified atom stereocenters. The predicted molar refractivity (Wildman–Crippen MR) is 128 cm³/mol. The maximum absolute atomic E-state index is 11.6. The van der Waals surface area contributed by atoms with Gasteiger partial charge in [-0.25, -0.2) is 0 Å². The van der Waals surface area contributed by atoms with Crippen molar-refractivity contribution < 1.29 is 9.53 Å². The van der Waals surface area contributed by atoms with Crippen LogP contribution in [0.4, 0.5) is 0 Å². The van der Waals surface area contributed by atoms with Gasteiger partial charge in [-0.3, -0.25) is 9.79 Å². The fourth-order valence-corrected chi connectivity index (χ4v) is 2.27. The molecule has 1 rings (SSSR count). The molecular weight excluding hydrogens is 467 g/mol. The zero-order chi connectivity index (χ0) is 20.2. The SMILES string of the molecule is CCNC(=NCCNC(=O)C(C)C)NC(C)c1ccc(OCC(C)C)cc1.I. The number of hydrogen-bond acceptors (Lipinski definition) is 3. The average molecular weight is 504 g/mol. The minimum Gasteiger partial charge on any atom is -0.493 e. The summed E-state index contributed by atoms with van der Waals surface area (Å²) in [6.45, 7) is 14.7. The monoisotopic (exact) mass is 504 g/mol. The van der Waals surface area contributed by atoms with Gasteiger partial charge in [-0.1, -0.05) is 39.8 Å². The molecule has 1 amide bonds. The number of nitrogens with one attached hydrogen (secondary N) is 3. The van der Waals surface area contributed by atoms with Crippen molar-refractivity contribution in [1.82, 2.24) is 16.0 Å². The van der Waals surface area contributed by atoms with E-state index >= 15 is 0 Å². The molecule has 1 aromatic carbocycles. The van der Waals surface area contributed by atoms with Crippen molar-refractivity contribution in [1.29, 1.82) is 0 Å². The molecule has 0 spiro atoms. The molecule has 0 aliphatic rings. The second-order valence-corrected chi connectivity index (χ2v) is 7.35. The number of amides is 1. The number of guanidine groups is 1. The van der Waals surface area contributed by atoms with E-state index in [9.17, 15) is 4.79 Å². The average Bonchev–Trinajstić information content (AvgIpc) is 2.63. The fraction of sp³-hybridized carbons (Fsp3) is 0.619. The molecule has 1 atom stereocenters. The summed E-state index contributed by atoms with van der Waals surface area (Å²) in [6.07, 6.45) is 0. The van der Waals surface area contributed by atoms with Gasteiger partial charge in [0.05, 0.1) is 19.2 Å². The topological polar surface area (TPSA) is 74.8 Å². The Balaban J connectivity index is 0.00000729. The Kier molecular flexibility index (Phi) is 13.7. The number of hydrogen-bond donors (Lipinski definition) is 3. The molecule has 0 saturated carbocycles. The van der Waals surface area contributed by atoms with Crippen LogP contribution in [0.15, 0.2) is 29.3 Å². The van der Waals surface area contributed by atoms with E-state index in [1.54, 1.807) is 0 Å². The van der Waals surface area contributed by atoms with Crippen LogP contribution in [0.3, 0.4) is 0 Å². The Labute approximate surface area is 187 Å². The number of nitrogens with zero attached hydrogens (tertiary/aromatic N) is 1. The minimum atomic E-state index is -0.00662. The van der Waals surface area contributed by atoms with Crippen LogP contribution in [0.2, 0.25) is 0 Å². The summed E-state index contributed by atoms with van der Waals surface area (Å²) in [5.74, 6) is 2.18. The third-order valence-corrected chi connectivity index (χ3v) is 3.87. The predicted octanol–water partition coefficient (Wildman–Crippen LogP) is 3.73. The molecule has 0 radical (unpaired) electrons. The minimum absolute atomic E-state index is 0. The smallest absolute Gasteiger partial charge is 0.222 e. The normalized spacial score (nSPS) is 12.4. The van der Waals surface area contributed by atoms with E-state index in [0.717, 1.165) is 30.4 Å². The summed E-state index contributed by atoms with van der Waals surface area (Å²) in [5, 5.41) is 9.52. The Morgan fingerprint density at radius 2 is 1.71 bits per heavy atom. The first kappa shape index (κ1) is 26.5. The summed E-state index contributed by atoms with van der Waals surface area (Å²) in [5.41, 5.74) is 1.16. The first-order chi connectivity index (χ1) is 12.8. The second-order valence-electron chi connectivity index (χ2n) is 7.35. The van der Waals surface area contributed by atoms with Gasteiger partial charge in [-0.05, 0) is 37.5 Å². The van der Waals surface area contributed by atoms with Crippen LogP contribution in [0.25, 0.3) is 0 Å². The molecule has 0 aliphatic carbocycles. The molecule has 160 valence electrons. The quantitative estimate of drug-likeness (QED) is 0.197. The van der Waals surface area contributed by atoms with Crippen LogP contribution in [-0.2, 0) is 4.79 Å². The Bertz CT molecular complexity index is 589.